The molecule has 0 amide bonds. The van der Waals surface area contributed by atoms with Crippen LogP contribution in [0.5, 0.6) is 5.75 Å². The molecule has 1 nitrogen and oxygen atoms in total. The summed E-state index contributed by atoms with van der Waals surface area (Å²) in [5.41, 5.74) is 4.89. The molecule has 0 aromatic heterocycles. The molecule has 108 valence electrons. The zero-order chi connectivity index (χ0) is 15.1. The molecule has 4 rings (SSSR count). The third-order valence-electron chi connectivity index (χ3n) is 3.92. The molecular weight excluding hydrogens is 360 g/mol. The van der Waals surface area contributed by atoms with Gasteiger partial charge in [0.2, 0.25) is 0 Å². The highest BCUT2D eigenvalue weighted by Crippen LogP contribution is 2.46. The average Bonchev–Trinajstić information content (AvgIpc) is 2.85. The minimum absolute atomic E-state index is 0.0927. The zero-order valence-electron chi connectivity index (χ0n) is 11.6. The summed E-state index contributed by atoms with van der Waals surface area (Å²) in [6.07, 6.45) is -0.0927. The van der Waals surface area contributed by atoms with Gasteiger partial charge in [-0.2, -0.15) is 0 Å². The Kier molecular flexibility index (Phi) is 3.44. The average molecular weight is 372 g/mol. The summed E-state index contributed by atoms with van der Waals surface area (Å²) in [6.45, 7) is 0. The lowest BCUT2D eigenvalue weighted by atomic mass is 10.1. The van der Waals surface area contributed by atoms with Gasteiger partial charge in [0, 0.05) is 16.1 Å². The number of hydrogen-bond acceptors (Lipinski definition) is 1. The fourth-order valence-corrected chi connectivity index (χ4v) is 3.71. The first kappa shape index (κ1) is 13.9. The zero-order valence-corrected chi connectivity index (χ0v) is 13.9. The molecule has 3 aromatic carbocycles. The summed E-state index contributed by atoms with van der Waals surface area (Å²) in [7, 11) is 0. The Labute approximate surface area is 142 Å². The monoisotopic (exact) mass is 370 g/mol. The predicted octanol–water partition coefficient (Wildman–Crippen LogP) is 6.25. The van der Waals surface area contributed by atoms with Crippen molar-refractivity contribution in [2.45, 2.75) is 6.10 Å². The number of fused-ring (bicyclic) bond motifs is 3. The molecule has 0 bridgehead atoms. The van der Waals surface area contributed by atoms with E-state index in [-0.39, 0.29) is 6.10 Å². The smallest absolute Gasteiger partial charge is 0.150 e. The molecule has 0 saturated carbocycles. The van der Waals surface area contributed by atoms with Crippen LogP contribution in [0, 0.1) is 0 Å². The van der Waals surface area contributed by atoms with Crippen LogP contribution in [0.4, 0.5) is 0 Å². The van der Waals surface area contributed by atoms with Crippen LogP contribution in [0.1, 0.15) is 17.2 Å². The van der Waals surface area contributed by atoms with Crippen molar-refractivity contribution < 1.29 is 4.74 Å². The van der Waals surface area contributed by atoms with E-state index in [4.69, 9.17) is 16.3 Å². The van der Waals surface area contributed by atoms with Crippen molar-refractivity contribution >= 4 is 27.5 Å². The topological polar surface area (TPSA) is 9.23 Å². The maximum atomic E-state index is 6.31. The van der Waals surface area contributed by atoms with E-state index in [9.17, 15) is 0 Å². The van der Waals surface area contributed by atoms with E-state index in [2.05, 4.69) is 64.5 Å². The van der Waals surface area contributed by atoms with Crippen LogP contribution < -0.4 is 4.74 Å². The summed E-state index contributed by atoms with van der Waals surface area (Å²) in [5, 5.41) is 0.687. The molecular formula is C19H12BrClO. The first-order chi connectivity index (χ1) is 10.7. The molecule has 0 spiro atoms. The van der Waals surface area contributed by atoms with Gasteiger partial charge in [0.05, 0.1) is 4.47 Å². The second-order valence-electron chi connectivity index (χ2n) is 5.25. The van der Waals surface area contributed by atoms with Crippen molar-refractivity contribution in [3.63, 3.8) is 0 Å². The fourth-order valence-electron chi connectivity index (χ4n) is 2.93. The van der Waals surface area contributed by atoms with Gasteiger partial charge in [-0.25, -0.2) is 0 Å². The van der Waals surface area contributed by atoms with Crippen LogP contribution in [0.25, 0.3) is 11.1 Å². The largest absolute Gasteiger partial charge is 0.480 e. The molecule has 3 heteroatoms. The van der Waals surface area contributed by atoms with E-state index in [1.807, 2.05) is 18.2 Å². The Hall–Kier alpha value is -1.77. The second-order valence-corrected chi connectivity index (χ2v) is 6.54. The number of ether oxygens (including phenoxy) is 1. The van der Waals surface area contributed by atoms with Gasteiger partial charge >= 0.3 is 0 Å². The summed E-state index contributed by atoms with van der Waals surface area (Å²) in [4.78, 5) is 0. The Morgan fingerprint density at radius 2 is 1.41 bits per heavy atom. The summed E-state index contributed by atoms with van der Waals surface area (Å²) >= 11 is 9.54. The number of benzene rings is 3. The Balaban J connectivity index is 1.81. The van der Waals surface area contributed by atoms with Gasteiger partial charge in [-0.05, 0) is 45.3 Å². The van der Waals surface area contributed by atoms with Gasteiger partial charge in [-0.3, -0.25) is 0 Å². The summed E-state index contributed by atoms with van der Waals surface area (Å²) < 4.78 is 7.17. The van der Waals surface area contributed by atoms with Crippen LogP contribution in [0.15, 0.2) is 71.2 Å². The standard InChI is InChI=1S/C19H12BrClO/c20-17-11-12(21)9-10-18(17)22-19-15-7-3-1-5-13(15)14-6-2-4-8-16(14)19/h1-11,19H. The van der Waals surface area contributed by atoms with Gasteiger partial charge in [0.25, 0.3) is 0 Å². The van der Waals surface area contributed by atoms with E-state index in [0.717, 1.165) is 10.2 Å². The van der Waals surface area contributed by atoms with Crippen LogP contribution >= 0.6 is 27.5 Å². The van der Waals surface area contributed by atoms with Gasteiger partial charge in [-0.1, -0.05) is 60.1 Å². The highest BCUT2D eigenvalue weighted by atomic mass is 79.9. The number of hydrogen-bond donors (Lipinski definition) is 0. The SMILES string of the molecule is Clc1ccc(OC2c3ccccc3-c3ccccc32)c(Br)c1. The van der Waals surface area contributed by atoms with Gasteiger partial charge in [0.15, 0.2) is 6.10 Å². The Morgan fingerprint density at radius 1 is 0.818 bits per heavy atom. The lowest BCUT2D eigenvalue weighted by Gasteiger charge is -2.17. The third-order valence-corrected chi connectivity index (χ3v) is 4.77. The lowest BCUT2D eigenvalue weighted by Crippen LogP contribution is -2.06. The van der Waals surface area contributed by atoms with Crippen molar-refractivity contribution in [2.75, 3.05) is 0 Å². The van der Waals surface area contributed by atoms with E-state index >= 15 is 0 Å². The molecule has 0 aliphatic heterocycles. The first-order valence-electron chi connectivity index (χ1n) is 7.04. The molecule has 0 N–H and O–H groups in total. The van der Waals surface area contributed by atoms with Gasteiger partial charge in [-0.15, -0.1) is 0 Å². The highest BCUT2D eigenvalue weighted by molar-refractivity contribution is 9.10. The maximum absolute atomic E-state index is 6.31. The molecule has 0 radical (unpaired) electrons. The summed E-state index contributed by atoms with van der Waals surface area (Å²) in [6, 6.07) is 22.4. The minimum atomic E-state index is -0.0927. The summed E-state index contributed by atoms with van der Waals surface area (Å²) in [5.74, 6) is 0.793. The van der Waals surface area contributed by atoms with Crippen molar-refractivity contribution in [3.8, 4) is 16.9 Å². The molecule has 0 atom stereocenters. The molecule has 3 aromatic rings. The molecule has 22 heavy (non-hydrogen) atoms. The van der Waals surface area contributed by atoms with E-state index in [1.54, 1.807) is 0 Å². The normalized spacial score (nSPS) is 12.8. The van der Waals surface area contributed by atoms with Gasteiger partial charge < -0.3 is 4.74 Å². The molecule has 0 heterocycles. The Bertz CT molecular complexity index is 814. The second kappa shape index (κ2) is 5.45. The van der Waals surface area contributed by atoms with Crippen molar-refractivity contribution in [3.05, 3.63) is 87.4 Å². The molecule has 0 fully saturated rings. The van der Waals surface area contributed by atoms with E-state index < -0.39 is 0 Å². The van der Waals surface area contributed by atoms with Crippen LogP contribution in [-0.4, -0.2) is 0 Å². The lowest BCUT2D eigenvalue weighted by molar-refractivity contribution is 0.250. The minimum Gasteiger partial charge on any atom is -0.480 e. The quantitative estimate of drug-likeness (QED) is 0.517. The van der Waals surface area contributed by atoms with Crippen LogP contribution in [0.3, 0.4) is 0 Å². The van der Waals surface area contributed by atoms with Gasteiger partial charge in [0.1, 0.15) is 5.75 Å². The number of rotatable bonds is 2. The maximum Gasteiger partial charge on any atom is 0.150 e. The third kappa shape index (κ3) is 2.23. The molecule has 0 unspecified atom stereocenters. The fraction of sp³-hybridized carbons (Fsp3) is 0.0526. The predicted molar refractivity (Wildman–Crippen MR) is 93.5 cm³/mol. The molecule has 0 saturated heterocycles. The molecule has 1 aliphatic carbocycles. The van der Waals surface area contributed by atoms with Crippen molar-refractivity contribution in [1.82, 2.24) is 0 Å². The Morgan fingerprint density at radius 3 is 2.00 bits per heavy atom. The van der Waals surface area contributed by atoms with E-state index in [1.165, 1.54) is 22.3 Å². The van der Waals surface area contributed by atoms with Crippen LogP contribution in [0.2, 0.25) is 5.02 Å². The van der Waals surface area contributed by atoms with Crippen LogP contribution in [-0.2, 0) is 0 Å². The highest BCUT2D eigenvalue weighted by Gasteiger charge is 2.29. The molecule has 1 aliphatic rings. The van der Waals surface area contributed by atoms with Crippen molar-refractivity contribution in [2.24, 2.45) is 0 Å². The number of halogens is 2. The van der Waals surface area contributed by atoms with Crippen molar-refractivity contribution in [1.29, 1.82) is 0 Å². The van der Waals surface area contributed by atoms with E-state index in [0.29, 0.717) is 5.02 Å². The first-order valence-corrected chi connectivity index (χ1v) is 8.21.